The number of rotatable bonds is 2. The number of aromatic amines is 1. The lowest BCUT2D eigenvalue weighted by Crippen LogP contribution is -1.90. The van der Waals surface area contributed by atoms with Gasteiger partial charge in [-0.15, -0.1) is 0 Å². The summed E-state index contributed by atoms with van der Waals surface area (Å²) in [5.41, 5.74) is 2.92. The Balaban J connectivity index is 2.23. The summed E-state index contributed by atoms with van der Waals surface area (Å²) in [6, 6.07) is 8.18. The molecule has 0 radical (unpaired) electrons. The van der Waals surface area contributed by atoms with Crippen LogP contribution in [0.25, 0.3) is 22.3 Å². The predicted octanol–water partition coefficient (Wildman–Crippen LogP) is 2.53. The highest BCUT2D eigenvalue weighted by atomic mass is 16.6. The molecule has 0 unspecified atom stereocenters. The molecular formula is C12H8N4O2. The minimum atomic E-state index is -0.422. The first-order chi connectivity index (χ1) is 8.75. The number of fused-ring (bicyclic) bond motifs is 1. The van der Waals surface area contributed by atoms with Crippen LogP contribution in [0.5, 0.6) is 0 Å². The normalized spacial score (nSPS) is 10.7. The highest BCUT2D eigenvalue weighted by Crippen LogP contribution is 2.26. The monoisotopic (exact) mass is 240 g/mol. The highest BCUT2D eigenvalue weighted by Gasteiger charge is 2.11. The molecule has 0 spiro atoms. The summed E-state index contributed by atoms with van der Waals surface area (Å²) in [5, 5.41) is 10.8. The number of non-ortho nitro benzene ring substituents is 1. The van der Waals surface area contributed by atoms with Crippen LogP contribution in [-0.4, -0.2) is 19.9 Å². The molecule has 0 aliphatic carbocycles. The van der Waals surface area contributed by atoms with Crippen LogP contribution in [0, 0.1) is 10.1 Å². The second kappa shape index (κ2) is 3.92. The number of pyridine rings is 1. The van der Waals surface area contributed by atoms with Crippen molar-refractivity contribution in [2.75, 3.05) is 0 Å². The van der Waals surface area contributed by atoms with E-state index in [-0.39, 0.29) is 5.69 Å². The largest absolute Gasteiger partial charge is 0.344 e. The predicted molar refractivity (Wildman–Crippen MR) is 66.0 cm³/mol. The number of H-pyrrole nitrogens is 1. The Morgan fingerprint density at radius 2 is 2.11 bits per heavy atom. The van der Waals surface area contributed by atoms with Crippen molar-refractivity contribution >= 4 is 16.7 Å². The topological polar surface area (TPSA) is 84.7 Å². The average Bonchev–Trinajstić information content (AvgIpc) is 2.87. The molecule has 1 N–H and O–H groups in total. The maximum Gasteiger partial charge on any atom is 0.270 e. The van der Waals surface area contributed by atoms with E-state index in [2.05, 4.69) is 15.0 Å². The Hall–Kier alpha value is -2.76. The lowest BCUT2D eigenvalue weighted by atomic mass is 10.1. The number of benzene rings is 1. The molecule has 0 amide bonds. The van der Waals surface area contributed by atoms with E-state index >= 15 is 0 Å². The van der Waals surface area contributed by atoms with E-state index in [4.69, 9.17) is 0 Å². The molecule has 6 heteroatoms. The Kier molecular flexibility index (Phi) is 2.26. The van der Waals surface area contributed by atoms with Gasteiger partial charge in [0, 0.05) is 23.9 Å². The van der Waals surface area contributed by atoms with E-state index in [1.165, 1.54) is 12.1 Å². The van der Waals surface area contributed by atoms with E-state index in [9.17, 15) is 10.1 Å². The first-order valence-electron chi connectivity index (χ1n) is 5.28. The minimum Gasteiger partial charge on any atom is -0.344 e. The molecule has 6 nitrogen and oxygen atoms in total. The van der Waals surface area contributed by atoms with Gasteiger partial charge in [0.1, 0.15) is 5.52 Å². The van der Waals surface area contributed by atoms with Crippen molar-refractivity contribution in [3.63, 3.8) is 0 Å². The van der Waals surface area contributed by atoms with E-state index in [0.29, 0.717) is 16.8 Å². The van der Waals surface area contributed by atoms with Gasteiger partial charge in [-0.2, -0.15) is 0 Å². The van der Waals surface area contributed by atoms with Crippen molar-refractivity contribution in [2.45, 2.75) is 0 Å². The van der Waals surface area contributed by atoms with Crippen molar-refractivity contribution in [1.82, 2.24) is 15.0 Å². The smallest absolute Gasteiger partial charge is 0.270 e. The Morgan fingerprint density at radius 3 is 2.94 bits per heavy atom. The van der Waals surface area contributed by atoms with Gasteiger partial charge in [-0.1, -0.05) is 12.1 Å². The summed E-state index contributed by atoms with van der Waals surface area (Å²) in [7, 11) is 0. The molecule has 0 bridgehead atoms. The SMILES string of the molecule is O=[N+]([O-])c1cccc(-c2nccc3[nH]cnc23)c1. The van der Waals surface area contributed by atoms with Crippen LogP contribution >= 0.6 is 0 Å². The second-order valence-electron chi connectivity index (χ2n) is 3.77. The van der Waals surface area contributed by atoms with Crippen molar-refractivity contribution in [3.05, 3.63) is 53.0 Å². The number of nitro groups is 1. The first kappa shape index (κ1) is 10.4. The van der Waals surface area contributed by atoms with Crippen LogP contribution in [0.15, 0.2) is 42.9 Å². The Bertz CT molecular complexity index is 736. The lowest BCUT2D eigenvalue weighted by Gasteiger charge is -2.01. The maximum atomic E-state index is 10.8. The van der Waals surface area contributed by atoms with Gasteiger partial charge in [0.05, 0.1) is 22.5 Å². The van der Waals surface area contributed by atoms with Crippen LogP contribution in [0.1, 0.15) is 0 Å². The molecule has 0 aliphatic rings. The fraction of sp³-hybridized carbons (Fsp3) is 0. The number of aromatic nitrogens is 3. The molecule has 0 fully saturated rings. The minimum absolute atomic E-state index is 0.0434. The summed E-state index contributed by atoms with van der Waals surface area (Å²) in [6.45, 7) is 0. The summed E-state index contributed by atoms with van der Waals surface area (Å²) < 4.78 is 0. The molecule has 18 heavy (non-hydrogen) atoms. The molecule has 0 aliphatic heterocycles. The maximum absolute atomic E-state index is 10.8. The lowest BCUT2D eigenvalue weighted by molar-refractivity contribution is -0.384. The van der Waals surface area contributed by atoms with Gasteiger partial charge in [-0.3, -0.25) is 15.1 Å². The molecule has 3 rings (SSSR count). The third-order valence-electron chi connectivity index (χ3n) is 2.67. The summed E-state index contributed by atoms with van der Waals surface area (Å²) in [4.78, 5) is 21.7. The van der Waals surface area contributed by atoms with Gasteiger partial charge < -0.3 is 4.98 Å². The van der Waals surface area contributed by atoms with Crippen molar-refractivity contribution in [3.8, 4) is 11.3 Å². The zero-order valence-electron chi connectivity index (χ0n) is 9.20. The van der Waals surface area contributed by atoms with Gasteiger partial charge in [-0.25, -0.2) is 4.98 Å². The molecule has 0 saturated heterocycles. The van der Waals surface area contributed by atoms with Crippen LogP contribution in [0.3, 0.4) is 0 Å². The average molecular weight is 240 g/mol. The molecule has 2 heterocycles. The molecule has 3 aromatic rings. The van der Waals surface area contributed by atoms with Crippen LogP contribution in [0.4, 0.5) is 5.69 Å². The number of imidazole rings is 1. The summed E-state index contributed by atoms with van der Waals surface area (Å²) >= 11 is 0. The Morgan fingerprint density at radius 1 is 1.22 bits per heavy atom. The number of nitro benzene ring substituents is 1. The fourth-order valence-corrected chi connectivity index (χ4v) is 1.85. The first-order valence-corrected chi connectivity index (χ1v) is 5.28. The zero-order valence-corrected chi connectivity index (χ0v) is 9.20. The summed E-state index contributed by atoms with van der Waals surface area (Å²) in [6.07, 6.45) is 3.22. The van der Waals surface area contributed by atoms with E-state index < -0.39 is 4.92 Å². The number of nitrogens with one attached hydrogen (secondary N) is 1. The quantitative estimate of drug-likeness (QED) is 0.551. The van der Waals surface area contributed by atoms with Crippen molar-refractivity contribution < 1.29 is 4.92 Å². The molecule has 0 atom stereocenters. The van der Waals surface area contributed by atoms with Crippen molar-refractivity contribution in [2.24, 2.45) is 0 Å². The van der Waals surface area contributed by atoms with Crippen LogP contribution in [0.2, 0.25) is 0 Å². The van der Waals surface area contributed by atoms with Gasteiger partial charge in [0.2, 0.25) is 0 Å². The second-order valence-corrected chi connectivity index (χ2v) is 3.77. The Labute approximate surface area is 101 Å². The van der Waals surface area contributed by atoms with Crippen LogP contribution < -0.4 is 0 Å². The fourth-order valence-electron chi connectivity index (χ4n) is 1.85. The van der Waals surface area contributed by atoms with Gasteiger partial charge in [0.25, 0.3) is 5.69 Å². The zero-order chi connectivity index (χ0) is 12.5. The molecule has 88 valence electrons. The van der Waals surface area contributed by atoms with E-state index in [1.54, 1.807) is 24.7 Å². The van der Waals surface area contributed by atoms with Crippen molar-refractivity contribution in [1.29, 1.82) is 0 Å². The third-order valence-corrected chi connectivity index (χ3v) is 2.67. The number of hydrogen-bond acceptors (Lipinski definition) is 4. The van der Waals surface area contributed by atoms with E-state index in [0.717, 1.165) is 5.52 Å². The van der Waals surface area contributed by atoms with Gasteiger partial charge in [0.15, 0.2) is 0 Å². The number of hydrogen-bond donors (Lipinski definition) is 1. The number of nitrogens with zero attached hydrogens (tertiary/aromatic N) is 3. The third kappa shape index (κ3) is 1.60. The summed E-state index contributed by atoms with van der Waals surface area (Å²) in [5.74, 6) is 0. The molecule has 2 aromatic heterocycles. The standard InChI is InChI=1S/C12H8N4O2/c17-16(18)9-3-1-2-8(6-9)11-12-10(4-5-13-11)14-7-15-12/h1-7H,(H,14,15). The molecule has 0 saturated carbocycles. The van der Waals surface area contributed by atoms with E-state index in [1.807, 2.05) is 6.07 Å². The highest BCUT2D eigenvalue weighted by molar-refractivity contribution is 5.89. The van der Waals surface area contributed by atoms with Crippen LogP contribution in [-0.2, 0) is 0 Å². The molecular weight excluding hydrogens is 232 g/mol. The molecule has 1 aromatic carbocycles. The van der Waals surface area contributed by atoms with Gasteiger partial charge in [-0.05, 0) is 6.07 Å². The van der Waals surface area contributed by atoms with Gasteiger partial charge >= 0.3 is 0 Å².